The first-order valence-corrected chi connectivity index (χ1v) is 43.7. The minimum atomic E-state index is -1.58. The number of aromatic hydroxyl groups is 2. The number of rotatable bonds is 22. The highest BCUT2D eigenvalue weighted by Gasteiger charge is 2.42. The molecule has 0 aliphatic carbocycles. The highest BCUT2D eigenvalue weighted by atomic mass is 32.2. The Morgan fingerprint density at radius 3 is 1.43 bits per heavy atom. The highest BCUT2D eigenvalue weighted by molar-refractivity contribution is 8.00. The van der Waals surface area contributed by atoms with Gasteiger partial charge in [-0.2, -0.15) is 0 Å². The van der Waals surface area contributed by atoms with Gasteiger partial charge in [-0.25, -0.2) is 0 Å². The van der Waals surface area contributed by atoms with Gasteiger partial charge >= 0.3 is 0 Å². The summed E-state index contributed by atoms with van der Waals surface area (Å²) in [7, 11) is 6.86. The molecule has 0 spiro atoms. The van der Waals surface area contributed by atoms with Gasteiger partial charge in [0.2, 0.25) is 88.6 Å². The summed E-state index contributed by atoms with van der Waals surface area (Å²) < 4.78 is 0. The molecular weight excluding hydrogens is 1650 g/mol. The lowest BCUT2D eigenvalue weighted by molar-refractivity contribution is -0.151. The third kappa shape index (κ3) is 29.8. The van der Waals surface area contributed by atoms with E-state index in [1.807, 2.05) is 6.92 Å². The average Bonchev–Trinajstić information content (AvgIpc) is 0.834. The number of benzene rings is 6. The van der Waals surface area contributed by atoms with Gasteiger partial charge in [-0.3, -0.25) is 71.9 Å². The number of nitrogens with zero attached hydrogens (tertiary/aromatic N) is 5. The smallest absolute Gasteiger partial charge is 0.246 e. The van der Waals surface area contributed by atoms with E-state index in [4.69, 9.17) is 5.73 Å². The number of thioether (sulfide) groups is 1. The summed E-state index contributed by atoms with van der Waals surface area (Å²) >= 11 is 0.851. The molecule has 7 aromatic rings. The van der Waals surface area contributed by atoms with Gasteiger partial charge in [-0.1, -0.05) is 188 Å². The monoisotopic (exact) mass is 1760 g/mol. The second-order valence-electron chi connectivity index (χ2n) is 32.9. The first-order valence-electron chi connectivity index (χ1n) is 42.6. The number of para-hydroxylation sites is 1. The van der Waals surface area contributed by atoms with Gasteiger partial charge in [-0.05, 0) is 94.8 Å². The quantitative estimate of drug-likeness (QED) is 0.0463. The van der Waals surface area contributed by atoms with Crippen molar-refractivity contribution in [2.75, 3.05) is 66.4 Å². The van der Waals surface area contributed by atoms with Crippen molar-refractivity contribution in [3.05, 3.63) is 203 Å². The first-order chi connectivity index (χ1) is 60.5. The molecule has 0 radical (unpaired) electrons. The van der Waals surface area contributed by atoms with Gasteiger partial charge < -0.3 is 93.3 Å². The maximum atomic E-state index is 15.5. The maximum Gasteiger partial charge on any atom is 0.246 e. The van der Waals surface area contributed by atoms with Crippen LogP contribution < -0.4 is 53.6 Å². The Bertz CT molecular complexity index is 4950. The number of phenols is 2. The molecule has 1 saturated heterocycles. The SMILES string of the molecule is CCCCC1C(=O)N(C)CC(=O)NC(CC)C(=O)NC(C(C)C)C(=O)N(C)C(Cc2ccccc2)C(=O)NC(Cc2ccc(O)cc2)C(=O)N(C)CC(=O)NC(Cc2c[nH]c3ccccc23)C(=O)NC(Cc2ccc(O)cc2)C(=O)NC(CC(C)C)C(=O)NC(C(=O)NCC(N)=O)CSCC(=O)NC(Cc2ccccc2)C(=O)N(C)C(Cc2ccccc2)C(=O)N1C. The number of aromatic nitrogens is 1. The van der Waals surface area contributed by atoms with E-state index in [-0.39, 0.29) is 81.0 Å². The van der Waals surface area contributed by atoms with Crippen LogP contribution in [0.2, 0.25) is 0 Å². The van der Waals surface area contributed by atoms with Crippen LogP contribution in [0.1, 0.15) is 107 Å². The zero-order valence-corrected chi connectivity index (χ0v) is 74.5. The van der Waals surface area contributed by atoms with Crippen molar-refractivity contribution >= 4 is 111 Å². The normalized spacial score (nSPS) is 22.1. The Morgan fingerprint density at radius 2 is 0.890 bits per heavy atom. The van der Waals surface area contributed by atoms with Gasteiger partial charge in [0.15, 0.2) is 0 Å². The van der Waals surface area contributed by atoms with Crippen LogP contribution in [0.4, 0.5) is 0 Å². The lowest BCUT2D eigenvalue weighted by atomic mass is 9.98. The summed E-state index contributed by atoms with van der Waals surface area (Å²) in [4.78, 5) is 231. The molecule has 2 heterocycles. The van der Waals surface area contributed by atoms with E-state index in [1.165, 1.54) is 93.6 Å². The Kier molecular flexibility index (Phi) is 37.8. The first kappa shape index (κ1) is 99.3. The molecule has 0 saturated carbocycles. The second kappa shape index (κ2) is 48.4. The lowest BCUT2D eigenvalue weighted by Gasteiger charge is -2.37. The molecule has 1 aliphatic heterocycles. The largest absolute Gasteiger partial charge is 0.508 e. The number of carbonyl (C=O) groups excluding carboxylic acids is 15. The Morgan fingerprint density at radius 1 is 0.449 bits per heavy atom. The van der Waals surface area contributed by atoms with Crippen molar-refractivity contribution in [2.45, 2.75) is 179 Å². The molecule has 6 aromatic carbocycles. The lowest BCUT2D eigenvalue weighted by Crippen LogP contribution is -2.61. The number of unbranched alkanes of at least 4 members (excludes halogenated alkanes) is 1. The van der Waals surface area contributed by atoms with Crippen LogP contribution in [-0.2, 0) is 110 Å². The van der Waals surface area contributed by atoms with Crippen LogP contribution in [0, 0.1) is 11.8 Å². The number of carbonyl (C=O) groups is 15. The highest BCUT2D eigenvalue weighted by Crippen LogP contribution is 2.25. The minimum Gasteiger partial charge on any atom is -0.508 e. The van der Waals surface area contributed by atoms with Gasteiger partial charge in [0.1, 0.15) is 78.0 Å². The standard InChI is InChI=1S/C93H120N16O17S/c1-12-14-34-75-91(124)106(8)53-79(113)97-67(13-2)84(117)104-82(57(5)6)93(126)108(10)76(47-59-28-20-16-21-29-59)88(121)102-72(46-62-37-41-65(111)42-38-62)89(122)105(7)52-80(114)98-71(49-63-50-95-68-33-25-24-32-66(63)68)87(120)101-70(44-61-35-39-64(110)40-36-61)86(119)100-69(43-56(3)4)85(118)103-74(83(116)96-51-78(94)112)54-127-55-81(115)99-73(45-58-26-18-15-19-27-58)90(123)109(11)77(92(125)107(75)9)48-60-30-22-17-23-31-60/h15-33,35-42,50,56-57,67,69-77,82,95,110-111H,12-14,34,43-49,51-55H2,1-11H3,(H2,94,112)(H,96,116)(H,97,113)(H,98,114)(H,99,115)(H,100,119)(H,101,120)(H,102,121)(H,103,118)(H,104,117). The van der Waals surface area contributed by atoms with Gasteiger partial charge in [0, 0.05) is 96.6 Å². The molecule has 15 amide bonds. The third-order valence-corrected chi connectivity index (χ3v) is 23.1. The van der Waals surface area contributed by atoms with Crippen molar-refractivity contribution in [3.8, 4) is 11.5 Å². The van der Waals surface area contributed by atoms with Crippen LogP contribution in [0.15, 0.2) is 170 Å². The molecule has 34 heteroatoms. The Labute approximate surface area is 744 Å². The van der Waals surface area contributed by atoms with Crippen LogP contribution in [0.5, 0.6) is 11.5 Å². The molecule has 1 aliphatic rings. The Hall–Kier alpha value is -13.1. The van der Waals surface area contributed by atoms with E-state index in [2.05, 4.69) is 52.8 Å². The molecule has 8 rings (SSSR count). The maximum absolute atomic E-state index is 15.5. The number of nitrogens with two attached hydrogens (primary N) is 1. The molecule has 680 valence electrons. The van der Waals surface area contributed by atoms with Crippen molar-refractivity contribution in [3.63, 3.8) is 0 Å². The van der Waals surface area contributed by atoms with Crippen LogP contribution >= 0.6 is 11.8 Å². The molecule has 33 nitrogen and oxygen atoms in total. The summed E-state index contributed by atoms with van der Waals surface area (Å²) in [6.07, 6.45) is 1.61. The topological polar surface area (TPSA) is 463 Å². The number of likely N-dealkylation sites (N-methyl/N-ethyl adjacent to an activating group) is 5. The van der Waals surface area contributed by atoms with Gasteiger partial charge in [-0.15, -0.1) is 11.8 Å². The number of H-pyrrole nitrogens is 1. The van der Waals surface area contributed by atoms with E-state index in [0.717, 1.165) is 26.5 Å². The van der Waals surface area contributed by atoms with E-state index in [1.54, 1.807) is 156 Å². The fourth-order valence-corrected chi connectivity index (χ4v) is 15.8. The molecular formula is C93H120N16O17S. The average molecular weight is 1770 g/mol. The number of aromatic amines is 1. The predicted octanol–water partition coefficient (Wildman–Crippen LogP) is 3.26. The van der Waals surface area contributed by atoms with Gasteiger partial charge in [0.05, 0.1) is 25.4 Å². The number of phenolic OH excluding ortho intramolecular Hbond substituents is 2. The molecule has 14 N–H and O–H groups in total. The van der Waals surface area contributed by atoms with Crippen molar-refractivity contribution in [2.24, 2.45) is 17.6 Å². The van der Waals surface area contributed by atoms with E-state index < -0.39 is 186 Å². The predicted molar refractivity (Wildman–Crippen MR) is 480 cm³/mol. The summed E-state index contributed by atoms with van der Waals surface area (Å²) in [6, 6.07) is 29.2. The number of nitrogens with one attached hydrogen (secondary N) is 10. The van der Waals surface area contributed by atoms with Crippen LogP contribution in [-0.4, -0.2) is 261 Å². The van der Waals surface area contributed by atoms with Crippen LogP contribution in [0.3, 0.4) is 0 Å². The number of fused-ring (bicyclic) bond motifs is 1. The van der Waals surface area contributed by atoms with Crippen LogP contribution in [0.25, 0.3) is 10.9 Å². The summed E-state index contributed by atoms with van der Waals surface area (Å²) in [6.45, 7) is 8.32. The molecule has 127 heavy (non-hydrogen) atoms. The van der Waals surface area contributed by atoms with Crippen molar-refractivity contribution in [1.82, 2.24) is 77.3 Å². The molecule has 11 atom stereocenters. The zero-order valence-electron chi connectivity index (χ0n) is 73.7. The van der Waals surface area contributed by atoms with Crippen molar-refractivity contribution in [1.29, 1.82) is 0 Å². The Balaban J connectivity index is 1.20. The number of hydrogen-bond acceptors (Lipinski definition) is 18. The number of hydrogen-bond donors (Lipinski definition) is 13. The molecule has 11 unspecified atom stereocenters. The fourth-order valence-electron chi connectivity index (χ4n) is 14.9. The zero-order chi connectivity index (χ0) is 92.7. The third-order valence-electron chi connectivity index (χ3n) is 22.1. The fraction of sp³-hybridized carbons (Fsp3) is 0.430. The van der Waals surface area contributed by atoms with Crippen molar-refractivity contribution < 1.29 is 82.1 Å². The summed E-state index contributed by atoms with van der Waals surface area (Å²) in [5, 5.41) is 46.0. The van der Waals surface area contributed by atoms with Gasteiger partial charge in [0.25, 0.3) is 0 Å². The van der Waals surface area contributed by atoms with E-state index in [0.29, 0.717) is 57.1 Å². The molecule has 0 bridgehead atoms. The number of amides is 15. The number of primary amides is 1. The molecule has 1 fully saturated rings. The minimum absolute atomic E-state index is 0.0122. The van der Waals surface area contributed by atoms with E-state index in [9.17, 15) is 48.6 Å². The second-order valence-corrected chi connectivity index (χ2v) is 33.9. The van der Waals surface area contributed by atoms with E-state index >= 15 is 33.6 Å². The summed E-state index contributed by atoms with van der Waals surface area (Å²) in [5.41, 5.74) is 9.35. The molecule has 1 aromatic heterocycles. The summed E-state index contributed by atoms with van der Waals surface area (Å²) in [5.74, 6) is -14.4.